The Balaban J connectivity index is 2.92. The lowest BCUT2D eigenvalue weighted by Crippen LogP contribution is -1.80. The maximum Gasteiger partial charge on any atom is 0.00890 e. The first-order valence-corrected chi connectivity index (χ1v) is 6.46. The molecule has 0 aromatic heterocycles. The summed E-state index contributed by atoms with van der Waals surface area (Å²) in [6.45, 7) is 7.54. The Morgan fingerprint density at radius 1 is 0.600 bits per heavy atom. The van der Waals surface area contributed by atoms with Crippen LogP contribution in [0.4, 0.5) is 0 Å². The summed E-state index contributed by atoms with van der Waals surface area (Å²) in [6, 6.07) is 0. The predicted molar refractivity (Wildman–Crippen MR) is 69.3 cm³/mol. The summed E-state index contributed by atoms with van der Waals surface area (Å²) in [6.07, 6.45) is 13.8. The summed E-state index contributed by atoms with van der Waals surface area (Å²) in [5, 5.41) is 0. The molecule has 86 valence electrons. The highest BCUT2D eigenvalue weighted by Gasteiger charge is 1.90. The number of unbranched alkanes of at least 4 members (excludes halogenated alkanes) is 9. The molecule has 0 bridgehead atoms. The van der Waals surface area contributed by atoms with Gasteiger partial charge in [0.15, 0.2) is 0 Å². The van der Waals surface area contributed by atoms with E-state index in [4.69, 9.17) is 0 Å². The molecule has 0 aliphatic carbocycles. The zero-order valence-electron chi connectivity index (χ0n) is 10.2. The maximum atomic E-state index is 3.85. The molecule has 0 saturated heterocycles. The number of rotatable bonds is 9. The molecule has 0 fully saturated rings. The van der Waals surface area contributed by atoms with Crippen LogP contribution in [0.3, 0.4) is 0 Å². The normalized spacial score (nSPS) is 9.73. The molecular formula is C15H26. The fourth-order valence-electron chi connectivity index (χ4n) is 1.63. The molecule has 0 amide bonds. The molecule has 2 radical (unpaired) electrons. The third kappa shape index (κ3) is 13.6. The monoisotopic (exact) mass is 206 g/mol. The molecule has 0 heterocycles. The highest BCUT2D eigenvalue weighted by atomic mass is 14.0. The molecule has 0 nitrogen and oxygen atoms in total. The van der Waals surface area contributed by atoms with Gasteiger partial charge in [-0.1, -0.05) is 58.3 Å². The van der Waals surface area contributed by atoms with Crippen LogP contribution in [0, 0.1) is 25.7 Å². The minimum absolute atomic E-state index is 0.756. The van der Waals surface area contributed by atoms with Crippen LogP contribution < -0.4 is 0 Å². The van der Waals surface area contributed by atoms with E-state index in [-0.39, 0.29) is 0 Å². The van der Waals surface area contributed by atoms with Crippen LogP contribution >= 0.6 is 0 Å². The molecule has 0 saturated carbocycles. The van der Waals surface area contributed by atoms with E-state index in [2.05, 4.69) is 25.7 Å². The Morgan fingerprint density at radius 2 is 1.13 bits per heavy atom. The van der Waals surface area contributed by atoms with Gasteiger partial charge in [-0.15, -0.1) is 11.8 Å². The zero-order chi connectivity index (χ0) is 11.2. The fraction of sp³-hybridized carbons (Fsp3) is 0.733. The Kier molecular flexibility index (Phi) is 13.2. The first kappa shape index (κ1) is 14.6. The SMILES string of the molecule is [CH2]CC#CCCCCCCCCCC[CH2]. The van der Waals surface area contributed by atoms with Crippen molar-refractivity contribution in [2.45, 2.75) is 70.6 Å². The Hall–Kier alpha value is -0.440. The van der Waals surface area contributed by atoms with Crippen molar-refractivity contribution < 1.29 is 0 Å². The van der Waals surface area contributed by atoms with Crippen LogP contribution in [0.25, 0.3) is 0 Å². The minimum Gasteiger partial charge on any atom is -0.103 e. The standard InChI is InChI=1S/C15H26/c1-3-5-7-9-11-13-15-14-12-10-8-6-4-2/h1-5,7,9-15H2. The van der Waals surface area contributed by atoms with E-state index in [1.807, 2.05) is 0 Å². The second-order valence-electron chi connectivity index (χ2n) is 4.04. The first-order valence-electron chi connectivity index (χ1n) is 6.46. The second kappa shape index (κ2) is 13.6. The summed E-state index contributed by atoms with van der Waals surface area (Å²) in [5.74, 6) is 6.14. The smallest absolute Gasteiger partial charge is 0.00890 e. The molecule has 0 aliphatic heterocycles. The minimum atomic E-state index is 0.756. The van der Waals surface area contributed by atoms with Crippen molar-refractivity contribution in [1.29, 1.82) is 0 Å². The molecule has 0 unspecified atom stereocenters. The van der Waals surface area contributed by atoms with Gasteiger partial charge in [-0.25, -0.2) is 0 Å². The van der Waals surface area contributed by atoms with E-state index in [0.717, 1.165) is 19.3 Å². The molecule has 0 rings (SSSR count). The summed E-state index contributed by atoms with van der Waals surface area (Å²) >= 11 is 0. The first-order chi connectivity index (χ1) is 7.41. The van der Waals surface area contributed by atoms with Crippen molar-refractivity contribution in [2.24, 2.45) is 0 Å². The Morgan fingerprint density at radius 3 is 1.67 bits per heavy atom. The molecule has 15 heavy (non-hydrogen) atoms. The average molecular weight is 206 g/mol. The van der Waals surface area contributed by atoms with Gasteiger partial charge in [0.1, 0.15) is 0 Å². The maximum absolute atomic E-state index is 3.85. The largest absolute Gasteiger partial charge is 0.103 e. The van der Waals surface area contributed by atoms with Crippen molar-refractivity contribution in [3.63, 3.8) is 0 Å². The molecule has 0 heteroatoms. The van der Waals surface area contributed by atoms with E-state index < -0.39 is 0 Å². The van der Waals surface area contributed by atoms with Gasteiger partial charge >= 0.3 is 0 Å². The molecule has 0 aromatic rings. The lowest BCUT2D eigenvalue weighted by atomic mass is 10.1. The summed E-state index contributed by atoms with van der Waals surface area (Å²) in [4.78, 5) is 0. The van der Waals surface area contributed by atoms with E-state index >= 15 is 0 Å². The Bertz CT molecular complexity index is 159. The van der Waals surface area contributed by atoms with Crippen molar-refractivity contribution in [1.82, 2.24) is 0 Å². The van der Waals surface area contributed by atoms with Crippen molar-refractivity contribution in [2.75, 3.05) is 0 Å². The average Bonchev–Trinajstić information content (AvgIpc) is 2.26. The lowest BCUT2D eigenvalue weighted by Gasteiger charge is -1.99. The number of hydrogen-bond acceptors (Lipinski definition) is 0. The van der Waals surface area contributed by atoms with Crippen LogP contribution in [0.2, 0.25) is 0 Å². The predicted octanol–water partition coefficient (Wildman–Crippen LogP) is 4.95. The van der Waals surface area contributed by atoms with E-state index in [0.29, 0.717) is 0 Å². The molecule has 0 aliphatic rings. The van der Waals surface area contributed by atoms with E-state index in [1.54, 1.807) is 0 Å². The van der Waals surface area contributed by atoms with Gasteiger partial charge in [-0.05, 0) is 13.3 Å². The van der Waals surface area contributed by atoms with E-state index in [1.165, 1.54) is 51.4 Å². The van der Waals surface area contributed by atoms with Crippen LogP contribution in [0.15, 0.2) is 0 Å². The van der Waals surface area contributed by atoms with E-state index in [9.17, 15) is 0 Å². The summed E-state index contributed by atoms with van der Waals surface area (Å²) in [7, 11) is 0. The Labute approximate surface area is 96.8 Å². The third-order valence-electron chi connectivity index (χ3n) is 2.55. The van der Waals surface area contributed by atoms with Crippen LogP contribution in [0.1, 0.15) is 70.6 Å². The van der Waals surface area contributed by atoms with Gasteiger partial charge in [0.25, 0.3) is 0 Å². The van der Waals surface area contributed by atoms with Gasteiger partial charge in [0, 0.05) is 12.8 Å². The quantitative estimate of drug-likeness (QED) is 0.370. The van der Waals surface area contributed by atoms with Crippen LogP contribution in [0.5, 0.6) is 0 Å². The van der Waals surface area contributed by atoms with Crippen molar-refractivity contribution >= 4 is 0 Å². The van der Waals surface area contributed by atoms with Gasteiger partial charge in [0.05, 0.1) is 0 Å². The van der Waals surface area contributed by atoms with Crippen LogP contribution in [-0.4, -0.2) is 0 Å². The van der Waals surface area contributed by atoms with Gasteiger partial charge < -0.3 is 0 Å². The van der Waals surface area contributed by atoms with Crippen LogP contribution in [-0.2, 0) is 0 Å². The van der Waals surface area contributed by atoms with Gasteiger partial charge in [-0.3, -0.25) is 0 Å². The topological polar surface area (TPSA) is 0 Å². The zero-order valence-corrected chi connectivity index (χ0v) is 10.2. The van der Waals surface area contributed by atoms with Gasteiger partial charge in [0.2, 0.25) is 0 Å². The molecule has 0 spiro atoms. The molecule has 0 aromatic carbocycles. The van der Waals surface area contributed by atoms with Crippen molar-refractivity contribution in [3.8, 4) is 11.8 Å². The fourth-order valence-corrected chi connectivity index (χ4v) is 1.63. The second-order valence-corrected chi connectivity index (χ2v) is 4.04. The highest BCUT2D eigenvalue weighted by molar-refractivity contribution is 4.98. The molecule has 0 atom stereocenters. The van der Waals surface area contributed by atoms with Gasteiger partial charge in [-0.2, -0.15) is 0 Å². The lowest BCUT2D eigenvalue weighted by molar-refractivity contribution is 0.572. The molecular weight excluding hydrogens is 180 g/mol. The third-order valence-corrected chi connectivity index (χ3v) is 2.55. The van der Waals surface area contributed by atoms with Crippen molar-refractivity contribution in [3.05, 3.63) is 13.8 Å². The molecule has 0 N–H and O–H groups in total. The summed E-state index contributed by atoms with van der Waals surface area (Å²) < 4.78 is 0. The highest BCUT2D eigenvalue weighted by Crippen LogP contribution is 2.09. The summed E-state index contributed by atoms with van der Waals surface area (Å²) in [5.41, 5.74) is 0. The number of hydrogen-bond donors (Lipinski definition) is 0.